The van der Waals surface area contributed by atoms with Crippen LogP contribution >= 0.6 is 0 Å². The molecule has 0 rings (SSSR count). The summed E-state index contributed by atoms with van der Waals surface area (Å²) in [5, 5.41) is 15.0. The monoisotopic (exact) mass is 490 g/mol. The first kappa shape index (κ1) is 45.8. The molecule has 0 heterocycles. The second-order valence-corrected chi connectivity index (χ2v) is 4.70. The third kappa shape index (κ3) is 563. The van der Waals surface area contributed by atoms with Crippen LogP contribution < -0.4 is 0 Å². The number of hydrogen-bond acceptors (Lipinski definition) is 8. The van der Waals surface area contributed by atoms with Crippen molar-refractivity contribution in [2.24, 2.45) is 5.41 Å². The molecule has 0 fully saturated rings. The van der Waals surface area contributed by atoms with Gasteiger partial charge in [0.05, 0.1) is 13.2 Å². The van der Waals surface area contributed by atoms with Gasteiger partial charge >= 0.3 is 27.5 Å². The molecule has 168 valence electrons. The van der Waals surface area contributed by atoms with Gasteiger partial charge in [-0.05, 0) is 18.9 Å². The van der Waals surface area contributed by atoms with E-state index in [-0.39, 0.29) is 18.6 Å². The first-order chi connectivity index (χ1) is 13.6. The molecular formula is C20H32O8Zr-4. The molecule has 0 aliphatic heterocycles. The first-order valence-corrected chi connectivity index (χ1v) is 8.34. The summed E-state index contributed by atoms with van der Waals surface area (Å²) in [6.45, 7) is 26.1. The SMILES string of the molecule is C=CCOO.C=CCOO.C=C[C-]=O.C=C[C-]=O.C=C[C-]=O.[CH2-]C(C)(C)C.[O]=[Zr]. The van der Waals surface area contributed by atoms with E-state index in [2.05, 4.69) is 70.4 Å². The minimum atomic E-state index is 0.208. The van der Waals surface area contributed by atoms with Gasteiger partial charge in [-0.3, -0.25) is 10.5 Å². The van der Waals surface area contributed by atoms with Crippen molar-refractivity contribution in [3.8, 4) is 0 Å². The Kier molecular flexibility index (Phi) is 100. The van der Waals surface area contributed by atoms with Gasteiger partial charge < -0.3 is 21.3 Å². The summed E-state index contributed by atoms with van der Waals surface area (Å²) in [5.74, 6) is 0. The number of hydrogen-bond donors (Lipinski definition) is 2. The van der Waals surface area contributed by atoms with Crippen LogP contribution in [0.15, 0.2) is 63.3 Å². The summed E-state index contributed by atoms with van der Waals surface area (Å²) in [6, 6.07) is 0. The van der Waals surface area contributed by atoms with Gasteiger partial charge in [-0.15, -0.1) is 13.2 Å². The Morgan fingerprint density at radius 1 is 0.793 bits per heavy atom. The van der Waals surface area contributed by atoms with Crippen LogP contribution in [0.2, 0.25) is 0 Å². The maximum absolute atomic E-state index is 8.93. The van der Waals surface area contributed by atoms with Gasteiger partial charge in [-0.2, -0.15) is 5.41 Å². The van der Waals surface area contributed by atoms with Crippen molar-refractivity contribution in [1.82, 2.24) is 0 Å². The van der Waals surface area contributed by atoms with Gasteiger partial charge in [0, 0.05) is 0 Å². The van der Waals surface area contributed by atoms with Crippen molar-refractivity contribution >= 4 is 18.9 Å². The molecule has 0 aliphatic rings. The van der Waals surface area contributed by atoms with Gasteiger partial charge in [-0.1, -0.05) is 32.9 Å². The fourth-order valence-corrected chi connectivity index (χ4v) is 0.105. The molecule has 0 radical (unpaired) electrons. The van der Waals surface area contributed by atoms with Gasteiger partial charge in [0.15, 0.2) is 0 Å². The fraction of sp³-hybridized carbons (Fsp3) is 0.300. The molecule has 9 heteroatoms. The van der Waals surface area contributed by atoms with Crippen LogP contribution in [0.4, 0.5) is 0 Å². The van der Waals surface area contributed by atoms with Crippen LogP contribution in [0.25, 0.3) is 0 Å². The molecule has 0 atom stereocenters. The molecule has 0 unspecified atom stereocenters. The Morgan fingerprint density at radius 3 is 0.931 bits per heavy atom. The molecular weight excluding hydrogens is 459 g/mol. The van der Waals surface area contributed by atoms with E-state index in [0.29, 0.717) is 24.7 Å². The first-order valence-electron chi connectivity index (χ1n) is 7.34. The van der Waals surface area contributed by atoms with Crippen molar-refractivity contribution in [2.75, 3.05) is 13.2 Å². The minimum absolute atomic E-state index is 0.208. The summed E-state index contributed by atoms with van der Waals surface area (Å²) in [7, 11) is 0. The molecule has 29 heavy (non-hydrogen) atoms. The standard InChI is InChI=1S/C5H11.2C3H6O2.3C3H3O.O.Zr/c1-5(2,3)4;2*1-2-3-5-4;3*1-2-3-4;;/h1H2,2-4H3;2*2,4H,1,3H2;3*2H,1H2;;/q-1;;;3*-1;;. The zero-order chi connectivity index (χ0) is 25.0. The average Bonchev–Trinajstić information content (AvgIpc) is 2.70. The second-order valence-electron chi connectivity index (χ2n) is 4.70. The third-order valence-electron chi connectivity index (χ3n) is 0.635. The van der Waals surface area contributed by atoms with Crippen molar-refractivity contribution < 1.29 is 62.2 Å². The molecule has 0 aromatic heterocycles. The van der Waals surface area contributed by atoms with Crippen molar-refractivity contribution in [2.45, 2.75) is 20.8 Å². The van der Waals surface area contributed by atoms with Crippen LogP contribution in [-0.2, 0) is 51.7 Å². The van der Waals surface area contributed by atoms with Crippen LogP contribution in [0.1, 0.15) is 20.8 Å². The molecule has 0 spiro atoms. The molecule has 0 aromatic rings. The van der Waals surface area contributed by atoms with Gasteiger partial charge in [0.25, 0.3) is 0 Å². The van der Waals surface area contributed by atoms with E-state index >= 15 is 0 Å². The van der Waals surface area contributed by atoms with E-state index in [0.717, 1.165) is 18.2 Å². The predicted molar refractivity (Wildman–Crippen MR) is 111 cm³/mol. The fourth-order valence-electron chi connectivity index (χ4n) is 0.105. The quantitative estimate of drug-likeness (QED) is 0.180. The van der Waals surface area contributed by atoms with Crippen LogP contribution in [-0.4, -0.2) is 42.6 Å². The van der Waals surface area contributed by atoms with Crippen molar-refractivity contribution in [3.05, 3.63) is 70.2 Å². The van der Waals surface area contributed by atoms with Crippen LogP contribution in [0.3, 0.4) is 0 Å². The Morgan fingerprint density at radius 2 is 0.931 bits per heavy atom. The van der Waals surface area contributed by atoms with Gasteiger partial charge in [0.1, 0.15) is 0 Å². The number of carbonyl (C=O) groups excluding carboxylic acids is 3. The van der Waals surface area contributed by atoms with Gasteiger partial charge in [-0.25, -0.2) is 47.7 Å². The molecule has 0 bridgehead atoms. The van der Waals surface area contributed by atoms with E-state index in [4.69, 9.17) is 27.7 Å². The zero-order valence-electron chi connectivity index (χ0n) is 17.4. The summed E-state index contributed by atoms with van der Waals surface area (Å²) in [6.07, 6.45) is 10.5. The number of rotatable bonds is 7. The Balaban J connectivity index is -0.0000000395. The molecule has 0 aliphatic carbocycles. The molecule has 0 amide bonds. The molecule has 0 saturated carbocycles. The van der Waals surface area contributed by atoms with E-state index in [1.54, 1.807) is 0 Å². The Hall–Kier alpha value is -1.77. The molecule has 2 N–H and O–H groups in total. The summed E-state index contributed by atoms with van der Waals surface area (Å²) < 4.78 is 8.34. The van der Waals surface area contributed by atoms with E-state index in [1.807, 2.05) is 0 Å². The predicted octanol–water partition coefficient (Wildman–Crippen LogP) is 3.92. The third-order valence-corrected chi connectivity index (χ3v) is 0.635. The average molecular weight is 492 g/mol. The summed E-state index contributed by atoms with van der Waals surface area (Å²) in [4.78, 5) is 33.9. The topological polar surface area (TPSA) is 127 Å². The molecule has 0 saturated heterocycles. The maximum atomic E-state index is 8.93. The molecule has 8 nitrogen and oxygen atoms in total. The van der Waals surface area contributed by atoms with Gasteiger partial charge in [0.2, 0.25) is 0 Å². The second kappa shape index (κ2) is 63.4. The van der Waals surface area contributed by atoms with Crippen molar-refractivity contribution in [3.63, 3.8) is 0 Å². The molecule has 0 aromatic carbocycles. The Labute approximate surface area is 190 Å². The summed E-state index contributed by atoms with van der Waals surface area (Å²) in [5.41, 5.74) is 0.250. The Bertz CT molecular complexity index is 301. The van der Waals surface area contributed by atoms with E-state index in [9.17, 15) is 0 Å². The number of allylic oxidation sites excluding steroid dienone is 3. The van der Waals surface area contributed by atoms with E-state index < -0.39 is 0 Å². The van der Waals surface area contributed by atoms with E-state index in [1.165, 1.54) is 31.0 Å². The normalized spacial score (nSPS) is 6.79. The van der Waals surface area contributed by atoms with Crippen LogP contribution in [0.5, 0.6) is 0 Å². The zero-order valence-corrected chi connectivity index (χ0v) is 19.8. The van der Waals surface area contributed by atoms with Crippen molar-refractivity contribution in [1.29, 1.82) is 0 Å². The summed E-state index contributed by atoms with van der Waals surface area (Å²) >= 11 is 0.300. The van der Waals surface area contributed by atoms with Crippen LogP contribution in [0, 0.1) is 12.3 Å².